The minimum absolute atomic E-state index is 0. The van der Waals surface area contributed by atoms with Crippen molar-refractivity contribution in [1.29, 1.82) is 0 Å². The number of hydrogen-bond donors (Lipinski definition) is 2. The lowest BCUT2D eigenvalue weighted by atomic mass is 10.1. The monoisotopic (exact) mass is 318 g/mol. The fraction of sp³-hybridized carbons (Fsp3) is 0.250. The number of nitrogens with two attached hydrogens (primary N) is 1. The zero-order valence-corrected chi connectivity index (χ0v) is 11.8. The van der Waals surface area contributed by atoms with Crippen molar-refractivity contribution in [1.82, 2.24) is 5.32 Å². The number of benzene rings is 1. The van der Waals surface area contributed by atoms with Gasteiger partial charge in [-0.15, -0.1) is 12.4 Å². The van der Waals surface area contributed by atoms with Crippen LogP contribution in [0, 0.1) is 0 Å². The second kappa shape index (κ2) is 8.28. The molecule has 1 atom stereocenters. The van der Waals surface area contributed by atoms with E-state index in [4.69, 9.17) is 5.73 Å². The number of amides is 1. The van der Waals surface area contributed by atoms with Gasteiger partial charge in [0.15, 0.2) is 0 Å². The molecule has 1 amide bonds. The summed E-state index contributed by atoms with van der Waals surface area (Å²) in [5.74, 6) is -0.163. The van der Waals surface area contributed by atoms with Crippen LogP contribution in [0.3, 0.4) is 0 Å². The maximum atomic E-state index is 11.6. The summed E-state index contributed by atoms with van der Waals surface area (Å²) in [6.07, 6.45) is 0.543. The van der Waals surface area contributed by atoms with Crippen molar-refractivity contribution in [3.63, 3.8) is 0 Å². The molecule has 0 saturated carbocycles. The van der Waals surface area contributed by atoms with Gasteiger partial charge in [-0.2, -0.15) is 0 Å². The molecule has 1 rings (SSSR count). The van der Waals surface area contributed by atoms with Gasteiger partial charge in [0.1, 0.15) is 0 Å². The molecule has 0 radical (unpaired) electrons. The Balaban J connectivity index is 0.00000256. The van der Waals surface area contributed by atoms with Crippen LogP contribution >= 0.6 is 28.3 Å². The predicted molar refractivity (Wildman–Crippen MR) is 76.4 cm³/mol. The fourth-order valence-electron chi connectivity index (χ4n) is 1.27. The highest BCUT2D eigenvalue weighted by atomic mass is 79.9. The number of halogens is 2. The van der Waals surface area contributed by atoms with E-state index in [0.29, 0.717) is 13.0 Å². The first kappa shape index (κ1) is 16.2. The third-order valence-corrected chi connectivity index (χ3v) is 2.37. The first-order chi connectivity index (χ1) is 7.59. The number of nitrogens with one attached hydrogen (secondary N) is 1. The maximum absolute atomic E-state index is 11.6. The lowest BCUT2D eigenvalue weighted by Gasteiger charge is -2.11. The molecule has 1 aromatic carbocycles. The van der Waals surface area contributed by atoms with E-state index in [1.54, 1.807) is 0 Å². The summed E-state index contributed by atoms with van der Waals surface area (Å²) in [6.45, 7) is 4.04. The third kappa shape index (κ3) is 6.46. The Morgan fingerprint density at radius 2 is 2.00 bits per heavy atom. The van der Waals surface area contributed by atoms with Crippen LogP contribution in [-0.2, 0) is 11.2 Å². The quantitative estimate of drug-likeness (QED) is 0.872. The maximum Gasteiger partial charge on any atom is 0.237 e. The minimum Gasteiger partial charge on any atom is -0.350 e. The summed E-state index contributed by atoms with van der Waals surface area (Å²) >= 11 is 3.17. The summed E-state index contributed by atoms with van der Waals surface area (Å²) in [5, 5.41) is 2.69. The van der Waals surface area contributed by atoms with Gasteiger partial charge >= 0.3 is 0 Å². The SMILES string of the molecule is C=C(Br)CNC(=O)[C@@H](N)Cc1ccccc1.Cl. The Labute approximate surface area is 116 Å². The Morgan fingerprint density at radius 3 is 2.53 bits per heavy atom. The molecule has 17 heavy (non-hydrogen) atoms. The minimum atomic E-state index is -0.519. The fourth-order valence-corrected chi connectivity index (χ4v) is 1.42. The molecule has 94 valence electrons. The number of rotatable bonds is 5. The van der Waals surface area contributed by atoms with Gasteiger partial charge in [-0.25, -0.2) is 0 Å². The van der Waals surface area contributed by atoms with Crippen LogP contribution in [-0.4, -0.2) is 18.5 Å². The topological polar surface area (TPSA) is 55.1 Å². The highest BCUT2D eigenvalue weighted by molar-refractivity contribution is 9.11. The largest absolute Gasteiger partial charge is 0.350 e. The van der Waals surface area contributed by atoms with Crippen LogP contribution in [0.1, 0.15) is 5.56 Å². The number of carbonyl (C=O) groups excluding carboxylic acids is 1. The highest BCUT2D eigenvalue weighted by Gasteiger charge is 2.13. The van der Waals surface area contributed by atoms with Crippen molar-refractivity contribution >= 4 is 34.2 Å². The zero-order valence-electron chi connectivity index (χ0n) is 9.36. The van der Waals surface area contributed by atoms with Gasteiger partial charge in [0.25, 0.3) is 0 Å². The van der Waals surface area contributed by atoms with E-state index >= 15 is 0 Å². The van der Waals surface area contributed by atoms with Crippen LogP contribution in [0.5, 0.6) is 0 Å². The van der Waals surface area contributed by atoms with Crippen LogP contribution < -0.4 is 11.1 Å². The third-order valence-electron chi connectivity index (χ3n) is 2.09. The summed E-state index contributed by atoms with van der Waals surface area (Å²) in [6, 6.07) is 9.19. The van der Waals surface area contributed by atoms with Crippen LogP contribution in [0.15, 0.2) is 41.4 Å². The molecule has 0 aromatic heterocycles. The van der Waals surface area contributed by atoms with E-state index in [0.717, 1.165) is 10.0 Å². The van der Waals surface area contributed by atoms with Gasteiger partial charge in [-0.3, -0.25) is 4.79 Å². The summed E-state index contributed by atoms with van der Waals surface area (Å²) < 4.78 is 0.729. The normalized spacial score (nSPS) is 11.2. The molecule has 0 bridgehead atoms. The van der Waals surface area contributed by atoms with Crippen molar-refractivity contribution in [2.24, 2.45) is 5.73 Å². The Hall–Kier alpha value is -0.840. The summed E-state index contributed by atoms with van der Waals surface area (Å²) in [4.78, 5) is 11.6. The van der Waals surface area contributed by atoms with Gasteiger partial charge in [0.05, 0.1) is 6.04 Å². The standard InChI is InChI=1S/C12H15BrN2O.ClH/c1-9(13)8-15-12(16)11(14)7-10-5-3-2-4-6-10;/h2-6,11H,1,7-8,14H2,(H,15,16);1H/t11-;/m0./s1. The number of carbonyl (C=O) groups is 1. The van der Waals surface area contributed by atoms with Crippen molar-refractivity contribution in [2.75, 3.05) is 6.54 Å². The zero-order chi connectivity index (χ0) is 12.0. The molecule has 0 saturated heterocycles. The van der Waals surface area contributed by atoms with Crippen LogP contribution in [0.4, 0.5) is 0 Å². The Kier molecular flexibility index (Phi) is 7.87. The molecule has 0 fully saturated rings. The molecule has 0 aliphatic heterocycles. The first-order valence-electron chi connectivity index (χ1n) is 5.00. The molecule has 0 aliphatic rings. The van der Waals surface area contributed by atoms with E-state index in [2.05, 4.69) is 27.8 Å². The van der Waals surface area contributed by atoms with Crippen molar-refractivity contribution in [3.05, 3.63) is 47.0 Å². The van der Waals surface area contributed by atoms with Crippen LogP contribution in [0.2, 0.25) is 0 Å². The molecular weight excluding hydrogens is 304 g/mol. The van der Waals surface area contributed by atoms with Crippen molar-refractivity contribution in [3.8, 4) is 0 Å². The van der Waals surface area contributed by atoms with E-state index in [9.17, 15) is 4.79 Å². The molecule has 5 heteroatoms. The molecule has 3 nitrogen and oxygen atoms in total. The van der Waals surface area contributed by atoms with Gasteiger partial charge in [-0.05, 0) is 12.0 Å². The molecule has 0 unspecified atom stereocenters. The molecule has 0 heterocycles. The second-order valence-electron chi connectivity index (χ2n) is 3.53. The smallest absolute Gasteiger partial charge is 0.237 e. The summed E-state index contributed by atoms with van der Waals surface area (Å²) in [7, 11) is 0. The van der Waals surface area contributed by atoms with Gasteiger partial charge in [0, 0.05) is 11.0 Å². The molecular formula is C12H16BrClN2O. The Bertz CT molecular complexity index is 370. The second-order valence-corrected chi connectivity index (χ2v) is 4.65. The van der Waals surface area contributed by atoms with E-state index in [1.165, 1.54) is 0 Å². The lowest BCUT2D eigenvalue weighted by molar-refractivity contribution is -0.122. The van der Waals surface area contributed by atoms with Gasteiger partial charge in [0.2, 0.25) is 5.91 Å². The lowest BCUT2D eigenvalue weighted by Crippen LogP contribution is -2.42. The molecule has 0 aliphatic carbocycles. The first-order valence-corrected chi connectivity index (χ1v) is 5.79. The van der Waals surface area contributed by atoms with Gasteiger partial charge < -0.3 is 11.1 Å². The number of hydrogen-bond acceptors (Lipinski definition) is 2. The van der Waals surface area contributed by atoms with Crippen molar-refractivity contribution in [2.45, 2.75) is 12.5 Å². The predicted octanol–water partition coefficient (Wildman–Crippen LogP) is 2.00. The van der Waals surface area contributed by atoms with E-state index in [1.807, 2.05) is 30.3 Å². The average Bonchev–Trinajstić information content (AvgIpc) is 2.27. The van der Waals surface area contributed by atoms with Crippen LogP contribution in [0.25, 0.3) is 0 Å². The molecule has 3 N–H and O–H groups in total. The van der Waals surface area contributed by atoms with E-state index < -0.39 is 6.04 Å². The van der Waals surface area contributed by atoms with Crippen molar-refractivity contribution < 1.29 is 4.79 Å². The van der Waals surface area contributed by atoms with E-state index in [-0.39, 0.29) is 18.3 Å². The molecule has 0 spiro atoms. The summed E-state index contributed by atoms with van der Waals surface area (Å²) in [5.41, 5.74) is 6.84. The highest BCUT2D eigenvalue weighted by Crippen LogP contribution is 2.02. The molecule has 1 aromatic rings. The van der Waals surface area contributed by atoms with Gasteiger partial charge in [-0.1, -0.05) is 52.8 Å². The average molecular weight is 320 g/mol. The Morgan fingerprint density at radius 1 is 1.41 bits per heavy atom.